The molecule has 1 heterocycles. The van der Waals surface area contributed by atoms with E-state index in [0.29, 0.717) is 13.2 Å². The molecule has 1 aliphatic heterocycles. The smallest absolute Gasteiger partial charge is 0.246 e. The Hall–Kier alpha value is -0.610. The Morgan fingerprint density at radius 2 is 2.09 bits per heavy atom. The van der Waals surface area contributed by atoms with Crippen molar-refractivity contribution in [2.75, 3.05) is 13.2 Å². The van der Waals surface area contributed by atoms with Gasteiger partial charge in [0.05, 0.1) is 0 Å². The van der Waals surface area contributed by atoms with Crippen molar-refractivity contribution in [3.63, 3.8) is 0 Å². The van der Waals surface area contributed by atoms with Crippen molar-refractivity contribution in [1.82, 2.24) is 0 Å². The minimum Gasteiger partial charge on any atom is -0.383 e. The van der Waals surface area contributed by atoms with Crippen molar-refractivity contribution >= 4 is 5.91 Å². The van der Waals surface area contributed by atoms with E-state index < -0.39 is 12.0 Å². The average Bonchev–Trinajstić information content (AvgIpc) is 2.05. The lowest BCUT2D eigenvalue weighted by atomic mass is 9.94. The second kappa shape index (κ2) is 3.69. The van der Waals surface area contributed by atoms with Crippen LogP contribution in [0, 0.1) is 5.92 Å². The molecule has 3 N–H and O–H groups in total. The summed E-state index contributed by atoms with van der Waals surface area (Å²) >= 11 is 0. The van der Waals surface area contributed by atoms with E-state index in [4.69, 9.17) is 10.5 Å². The van der Waals surface area contributed by atoms with E-state index in [9.17, 15) is 9.90 Å². The second-order valence-corrected chi connectivity index (χ2v) is 2.80. The predicted molar refractivity (Wildman–Crippen MR) is 38.7 cm³/mol. The van der Waals surface area contributed by atoms with Gasteiger partial charge in [-0.15, -0.1) is 0 Å². The summed E-state index contributed by atoms with van der Waals surface area (Å²) < 4.78 is 5.07. The lowest BCUT2D eigenvalue weighted by Crippen LogP contribution is -2.37. The van der Waals surface area contributed by atoms with Crippen LogP contribution in [0.2, 0.25) is 0 Å². The summed E-state index contributed by atoms with van der Waals surface area (Å²) in [5, 5.41) is 9.22. The Labute approximate surface area is 65.3 Å². The highest BCUT2D eigenvalue weighted by Crippen LogP contribution is 2.18. The van der Waals surface area contributed by atoms with Crippen LogP contribution in [0.5, 0.6) is 0 Å². The van der Waals surface area contributed by atoms with Crippen LogP contribution in [-0.2, 0) is 9.53 Å². The van der Waals surface area contributed by atoms with Crippen LogP contribution in [0.25, 0.3) is 0 Å². The Morgan fingerprint density at radius 3 is 2.55 bits per heavy atom. The molecular weight excluding hydrogens is 146 g/mol. The number of primary amides is 1. The van der Waals surface area contributed by atoms with Crippen LogP contribution < -0.4 is 5.73 Å². The van der Waals surface area contributed by atoms with Gasteiger partial charge in [-0.1, -0.05) is 0 Å². The molecule has 0 aromatic heterocycles. The SMILES string of the molecule is NC(=O)C(O)C1CCOCC1. The first-order valence-corrected chi connectivity index (χ1v) is 3.77. The number of aliphatic hydroxyl groups excluding tert-OH is 1. The van der Waals surface area contributed by atoms with E-state index in [0.717, 1.165) is 12.8 Å². The minimum atomic E-state index is -0.987. The van der Waals surface area contributed by atoms with Crippen LogP contribution in [0.3, 0.4) is 0 Å². The van der Waals surface area contributed by atoms with Crippen LogP contribution in [0.4, 0.5) is 0 Å². The standard InChI is InChI=1S/C7H13NO3/c8-7(10)6(9)5-1-3-11-4-2-5/h5-6,9H,1-4H2,(H2,8,10). The fraction of sp³-hybridized carbons (Fsp3) is 0.857. The molecule has 1 saturated heterocycles. The number of aliphatic hydroxyl groups is 1. The number of hydrogen-bond acceptors (Lipinski definition) is 3. The molecule has 0 aromatic rings. The van der Waals surface area contributed by atoms with Crippen molar-refractivity contribution in [3.8, 4) is 0 Å². The van der Waals surface area contributed by atoms with Crippen molar-refractivity contribution in [2.45, 2.75) is 18.9 Å². The number of nitrogens with two attached hydrogens (primary N) is 1. The number of carbonyl (C=O) groups excluding carboxylic acids is 1. The monoisotopic (exact) mass is 159 g/mol. The highest BCUT2D eigenvalue weighted by Gasteiger charge is 2.25. The third-order valence-electron chi connectivity index (χ3n) is 2.00. The summed E-state index contributed by atoms with van der Waals surface area (Å²) in [5.74, 6) is -0.627. The van der Waals surface area contributed by atoms with Gasteiger partial charge in [0.15, 0.2) is 0 Å². The molecule has 0 aliphatic carbocycles. The first-order chi connectivity index (χ1) is 5.22. The Balaban J connectivity index is 2.38. The van der Waals surface area contributed by atoms with E-state index >= 15 is 0 Å². The summed E-state index contributed by atoms with van der Waals surface area (Å²) in [6.45, 7) is 1.24. The van der Waals surface area contributed by atoms with E-state index in [1.165, 1.54) is 0 Å². The molecule has 1 atom stereocenters. The normalized spacial score (nSPS) is 23.0. The van der Waals surface area contributed by atoms with E-state index in [1.54, 1.807) is 0 Å². The first-order valence-electron chi connectivity index (χ1n) is 3.77. The van der Waals surface area contributed by atoms with E-state index in [2.05, 4.69) is 0 Å². The quantitative estimate of drug-likeness (QED) is 0.557. The molecule has 1 fully saturated rings. The summed E-state index contributed by atoms with van der Waals surface area (Å²) in [5.41, 5.74) is 4.94. The predicted octanol–water partition coefficient (Wildman–Crippen LogP) is -0.741. The minimum absolute atomic E-state index is 0.00116. The number of carbonyl (C=O) groups is 1. The molecule has 0 aromatic carbocycles. The molecule has 4 nitrogen and oxygen atoms in total. The molecule has 0 bridgehead atoms. The van der Waals surface area contributed by atoms with Crippen molar-refractivity contribution in [3.05, 3.63) is 0 Å². The molecule has 1 aliphatic rings. The maximum atomic E-state index is 10.5. The van der Waals surface area contributed by atoms with Crippen LogP contribution in [0.15, 0.2) is 0 Å². The average molecular weight is 159 g/mol. The Kier molecular flexibility index (Phi) is 2.84. The highest BCUT2D eigenvalue weighted by molar-refractivity contribution is 5.78. The largest absolute Gasteiger partial charge is 0.383 e. The Bertz CT molecular complexity index is 143. The third kappa shape index (κ3) is 2.17. The summed E-state index contributed by atoms with van der Waals surface area (Å²) in [7, 11) is 0. The van der Waals surface area contributed by atoms with Crippen molar-refractivity contribution in [1.29, 1.82) is 0 Å². The fourth-order valence-corrected chi connectivity index (χ4v) is 1.26. The molecule has 4 heteroatoms. The van der Waals surface area contributed by atoms with E-state index in [-0.39, 0.29) is 5.92 Å². The van der Waals surface area contributed by atoms with Gasteiger partial charge < -0.3 is 15.6 Å². The van der Waals surface area contributed by atoms with Gasteiger partial charge in [-0.05, 0) is 18.8 Å². The zero-order valence-corrected chi connectivity index (χ0v) is 6.32. The first kappa shape index (κ1) is 8.49. The number of rotatable bonds is 2. The fourth-order valence-electron chi connectivity index (χ4n) is 1.26. The van der Waals surface area contributed by atoms with Crippen LogP contribution in [-0.4, -0.2) is 30.3 Å². The molecule has 0 radical (unpaired) electrons. The highest BCUT2D eigenvalue weighted by atomic mass is 16.5. The summed E-state index contributed by atoms with van der Waals surface area (Å²) in [6, 6.07) is 0. The van der Waals surface area contributed by atoms with Gasteiger partial charge in [0.25, 0.3) is 0 Å². The van der Waals surface area contributed by atoms with Gasteiger partial charge >= 0.3 is 0 Å². The maximum absolute atomic E-state index is 10.5. The van der Waals surface area contributed by atoms with Gasteiger partial charge in [-0.25, -0.2) is 0 Å². The number of ether oxygens (including phenoxy) is 1. The lowest BCUT2D eigenvalue weighted by Gasteiger charge is -2.24. The van der Waals surface area contributed by atoms with E-state index in [1.807, 2.05) is 0 Å². The maximum Gasteiger partial charge on any atom is 0.246 e. The number of hydrogen-bond donors (Lipinski definition) is 2. The Morgan fingerprint density at radius 1 is 1.55 bits per heavy atom. The van der Waals surface area contributed by atoms with Gasteiger partial charge in [-0.3, -0.25) is 4.79 Å². The number of amides is 1. The molecular formula is C7H13NO3. The van der Waals surface area contributed by atoms with Gasteiger partial charge in [-0.2, -0.15) is 0 Å². The zero-order valence-electron chi connectivity index (χ0n) is 6.32. The van der Waals surface area contributed by atoms with Gasteiger partial charge in [0.2, 0.25) is 5.91 Å². The molecule has 0 saturated carbocycles. The molecule has 11 heavy (non-hydrogen) atoms. The molecule has 1 rings (SSSR count). The molecule has 1 unspecified atom stereocenters. The van der Waals surface area contributed by atoms with Crippen molar-refractivity contribution in [2.24, 2.45) is 11.7 Å². The summed E-state index contributed by atoms with van der Waals surface area (Å²) in [4.78, 5) is 10.5. The topological polar surface area (TPSA) is 72.6 Å². The third-order valence-corrected chi connectivity index (χ3v) is 2.00. The lowest BCUT2D eigenvalue weighted by molar-refractivity contribution is -0.130. The van der Waals surface area contributed by atoms with Crippen LogP contribution in [0.1, 0.15) is 12.8 Å². The molecule has 1 amide bonds. The molecule has 64 valence electrons. The van der Waals surface area contributed by atoms with Gasteiger partial charge in [0.1, 0.15) is 6.10 Å². The van der Waals surface area contributed by atoms with Gasteiger partial charge in [0, 0.05) is 13.2 Å². The second-order valence-electron chi connectivity index (χ2n) is 2.80. The zero-order chi connectivity index (χ0) is 8.27. The molecule has 0 spiro atoms. The summed E-state index contributed by atoms with van der Waals surface area (Å²) in [6.07, 6.45) is 0.465. The van der Waals surface area contributed by atoms with Crippen molar-refractivity contribution < 1.29 is 14.6 Å². The van der Waals surface area contributed by atoms with Crippen LogP contribution >= 0.6 is 0 Å².